The first-order chi connectivity index (χ1) is 7.19. The Hall–Kier alpha value is -0.150. The number of nitrogens with zero attached hydrogens (tertiary/aromatic N) is 1. The minimum atomic E-state index is -0.189. The molecule has 1 fully saturated rings. The lowest BCUT2D eigenvalue weighted by Gasteiger charge is -2.42. The van der Waals surface area contributed by atoms with Gasteiger partial charge in [0.25, 0.3) is 0 Å². The average Bonchev–Trinajstić information content (AvgIpc) is 2.25. The molecule has 1 aliphatic rings. The van der Waals surface area contributed by atoms with E-state index in [0.717, 1.165) is 26.1 Å². The summed E-state index contributed by atoms with van der Waals surface area (Å²) in [7, 11) is 0. The van der Waals surface area contributed by atoms with Crippen LogP contribution in [0.4, 0.5) is 4.39 Å². The minimum absolute atomic E-state index is 0.189. The smallest absolute Gasteiger partial charge is 0.0906 e. The monoisotopic (exact) mass is 216 g/mol. The molecule has 0 saturated carbocycles. The zero-order valence-corrected chi connectivity index (χ0v) is 10.3. The zero-order chi connectivity index (χ0) is 11.3. The summed E-state index contributed by atoms with van der Waals surface area (Å²) in [6.07, 6.45) is 1.84. The molecular weight excluding hydrogens is 191 g/mol. The van der Waals surface area contributed by atoms with E-state index in [1.54, 1.807) is 0 Å². The van der Waals surface area contributed by atoms with E-state index in [4.69, 9.17) is 0 Å². The predicted molar refractivity (Wildman–Crippen MR) is 62.9 cm³/mol. The lowest BCUT2D eigenvalue weighted by atomic mass is 9.97. The summed E-state index contributed by atoms with van der Waals surface area (Å²) in [5, 5.41) is 3.57. The second-order valence-corrected chi connectivity index (χ2v) is 4.86. The molecule has 1 rings (SSSR count). The van der Waals surface area contributed by atoms with E-state index < -0.39 is 0 Å². The van der Waals surface area contributed by atoms with Crippen LogP contribution in [0.5, 0.6) is 0 Å². The molecule has 0 aromatic carbocycles. The van der Waals surface area contributed by atoms with Crippen LogP contribution in [0, 0.1) is 5.92 Å². The highest BCUT2D eigenvalue weighted by molar-refractivity contribution is 4.87. The van der Waals surface area contributed by atoms with Crippen molar-refractivity contribution in [2.45, 2.75) is 45.7 Å². The van der Waals surface area contributed by atoms with Crippen molar-refractivity contribution in [3.8, 4) is 0 Å². The fourth-order valence-electron chi connectivity index (χ4n) is 2.35. The normalized spacial score (nSPS) is 28.6. The largest absolute Gasteiger partial charge is 0.311 e. The van der Waals surface area contributed by atoms with E-state index in [0.29, 0.717) is 24.4 Å². The highest BCUT2D eigenvalue weighted by atomic mass is 19.1. The lowest BCUT2D eigenvalue weighted by Crippen LogP contribution is -2.58. The van der Waals surface area contributed by atoms with Gasteiger partial charge in [0, 0.05) is 31.7 Å². The Bertz CT molecular complexity index is 173. The Kier molecular flexibility index (Phi) is 5.54. The second kappa shape index (κ2) is 6.44. The topological polar surface area (TPSA) is 15.3 Å². The minimum Gasteiger partial charge on any atom is -0.311 e. The van der Waals surface area contributed by atoms with E-state index in [9.17, 15) is 4.39 Å². The van der Waals surface area contributed by atoms with Crippen molar-refractivity contribution in [2.75, 3.05) is 26.3 Å². The molecule has 1 heterocycles. The number of rotatable bonds is 5. The molecule has 0 spiro atoms. The van der Waals surface area contributed by atoms with E-state index in [-0.39, 0.29) is 6.67 Å². The molecule has 0 amide bonds. The van der Waals surface area contributed by atoms with Crippen LogP contribution in [0.2, 0.25) is 0 Å². The summed E-state index contributed by atoms with van der Waals surface area (Å²) in [6, 6.07) is 1.18. The third kappa shape index (κ3) is 3.72. The third-order valence-electron chi connectivity index (χ3n) is 3.38. The maximum Gasteiger partial charge on any atom is 0.0906 e. The van der Waals surface area contributed by atoms with Crippen LogP contribution in [-0.2, 0) is 0 Å². The summed E-state index contributed by atoms with van der Waals surface area (Å²) >= 11 is 0. The van der Waals surface area contributed by atoms with Crippen molar-refractivity contribution in [2.24, 2.45) is 5.92 Å². The molecule has 1 N–H and O–H groups in total. The Morgan fingerprint density at radius 2 is 2.20 bits per heavy atom. The van der Waals surface area contributed by atoms with Crippen molar-refractivity contribution in [3.63, 3.8) is 0 Å². The number of nitrogens with one attached hydrogen (secondary N) is 1. The standard InChI is InChI=1S/C12H25FN2/c1-4-11-9-15(7-5-6-13)12(8-14-11)10(2)3/h10-12,14H,4-9H2,1-3H3. The number of hydrogen-bond donors (Lipinski definition) is 1. The summed E-state index contributed by atoms with van der Waals surface area (Å²) in [5.41, 5.74) is 0. The van der Waals surface area contributed by atoms with Crippen molar-refractivity contribution >= 4 is 0 Å². The first kappa shape index (κ1) is 12.9. The maximum absolute atomic E-state index is 12.2. The second-order valence-electron chi connectivity index (χ2n) is 4.86. The molecule has 0 radical (unpaired) electrons. The van der Waals surface area contributed by atoms with Gasteiger partial charge >= 0.3 is 0 Å². The van der Waals surface area contributed by atoms with Gasteiger partial charge in [0.2, 0.25) is 0 Å². The molecule has 3 heteroatoms. The van der Waals surface area contributed by atoms with Crippen molar-refractivity contribution in [1.82, 2.24) is 10.2 Å². The molecular formula is C12H25FN2. The highest BCUT2D eigenvalue weighted by Crippen LogP contribution is 2.16. The molecule has 0 aliphatic carbocycles. The van der Waals surface area contributed by atoms with Crippen molar-refractivity contribution in [3.05, 3.63) is 0 Å². The number of halogens is 1. The summed E-state index contributed by atoms with van der Waals surface area (Å²) in [5.74, 6) is 0.648. The quantitative estimate of drug-likeness (QED) is 0.756. The Balaban J connectivity index is 2.48. The van der Waals surface area contributed by atoms with E-state index >= 15 is 0 Å². The third-order valence-corrected chi connectivity index (χ3v) is 3.38. The van der Waals surface area contributed by atoms with Gasteiger partial charge < -0.3 is 5.32 Å². The van der Waals surface area contributed by atoms with Gasteiger partial charge in [-0.15, -0.1) is 0 Å². The van der Waals surface area contributed by atoms with Crippen LogP contribution in [0.1, 0.15) is 33.6 Å². The lowest BCUT2D eigenvalue weighted by molar-refractivity contribution is 0.0938. The number of piperazine rings is 1. The summed E-state index contributed by atoms with van der Waals surface area (Å²) in [4.78, 5) is 2.47. The van der Waals surface area contributed by atoms with Crippen LogP contribution in [-0.4, -0.2) is 43.3 Å². The van der Waals surface area contributed by atoms with Gasteiger partial charge in [0.1, 0.15) is 0 Å². The van der Waals surface area contributed by atoms with Crippen LogP contribution >= 0.6 is 0 Å². The Labute approximate surface area is 93.2 Å². The molecule has 2 unspecified atom stereocenters. The SMILES string of the molecule is CCC1CN(CCCF)C(C(C)C)CN1. The first-order valence-electron chi connectivity index (χ1n) is 6.22. The average molecular weight is 216 g/mol. The van der Waals surface area contributed by atoms with Gasteiger partial charge in [-0.1, -0.05) is 20.8 Å². The van der Waals surface area contributed by atoms with Crippen LogP contribution < -0.4 is 5.32 Å². The molecule has 1 aliphatic heterocycles. The van der Waals surface area contributed by atoms with Crippen LogP contribution in [0.3, 0.4) is 0 Å². The van der Waals surface area contributed by atoms with E-state index in [1.165, 1.54) is 0 Å². The fourth-order valence-corrected chi connectivity index (χ4v) is 2.35. The Morgan fingerprint density at radius 1 is 1.47 bits per heavy atom. The van der Waals surface area contributed by atoms with E-state index in [2.05, 4.69) is 31.0 Å². The number of alkyl halides is 1. The van der Waals surface area contributed by atoms with Gasteiger partial charge in [-0.3, -0.25) is 9.29 Å². The van der Waals surface area contributed by atoms with Gasteiger partial charge in [0.15, 0.2) is 0 Å². The molecule has 90 valence electrons. The molecule has 0 aromatic rings. The molecule has 15 heavy (non-hydrogen) atoms. The first-order valence-corrected chi connectivity index (χ1v) is 6.22. The van der Waals surface area contributed by atoms with Gasteiger partial charge in [-0.25, -0.2) is 0 Å². The molecule has 2 nitrogen and oxygen atoms in total. The molecule has 0 bridgehead atoms. The molecule has 1 saturated heterocycles. The zero-order valence-electron chi connectivity index (χ0n) is 10.3. The highest BCUT2D eigenvalue weighted by Gasteiger charge is 2.28. The molecule has 0 aromatic heterocycles. The summed E-state index contributed by atoms with van der Waals surface area (Å²) in [6.45, 7) is 9.58. The van der Waals surface area contributed by atoms with Crippen molar-refractivity contribution in [1.29, 1.82) is 0 Å². The van der Waals surface area contributed by atoms with Crippen molar-refractivity contribution < 1.29 is 4.39 Å². The van der Waals surface area contributed by atoms with Crippen LogP contribution in [0.15, 0.2) is 0 Å². The van der Waals surface area contributed by atoms with E-state index in [1.807, 2.05) is 0 Å². The maximum atomic E-state index is 12.2. The summed E-state index contributed by atoms with van der Waals surface area (Å²) < 4.78 is 12.2. The molecule has 2 atom stereocenters. The predicted octanol–water partition coefficient (Wildman–Crippen LogP) is 2.05. The van der Waals surface area contributed by atoms with Gasteiger partial charge in [-0.2, -0.15) is 0 Å². The number of hydrogen-bond acceptors (Lipinski definition) is 2. The fraction of sp³-hybridized carbons (Fsp3) is 1.00. The van der Waals surface area contributed by atoms with Gasteiger partial charge in [-0.05, 0) is 18.8 Å². The Morgan fingerprint density at radius 3 is 2.73 bits per heavy atom. The van der Waals surface area contributed by atoms with Crippen LogP contribution in [0.25, 0.3) is 0 Å². The van der Waals surface area contributed by atoms with Gasteiger partial charge in [0.05, 0.1) is 6.67 Å².